The quantitative estimate of drug-likeness (QED) is 0.645. The molecular formula is C10H7Cl3O2. The van der Waals surface area contributed by atoms with E-state index >= 15 is 0 Å². The van der Waals surface area contributed by atoms with Crippen LogP contribution >= 0.6 is 34.8 Å². The normalized spacial score (nSPS) is 11.6. The summed E-state index contributed by atoms with van der Waals surface area (Å²) in [5.74, 6) is -1.00. The Hall–Kier alpha value is -0.700. The van der Waals surface area contributed by atoms with Crippen molar-refractivity contribution in [2.75, 3.05) is 0 Å². The molecule has 1 aromatic carbocycles. The molecule has 0 bridgehead atoms. The second kappa shape index (κ2) is 4.88. The maximum Gasteiger partial charge on any atom is 0.331 e. The first-order valence-corrected chi connectivity index (χ1v) is 5.12. The number of rotatable bonds is 2. The van der Waals surface area contributed by atoms with Gasteiger partial charge in [-0.15, -0.1) is 0 Å². The van der Waals surface area contributed by atoms with Gasteiger partial charge in [0.15, 0.2) is 0 Å². The zero-order valence-corrected chi connectivity index (χ0v) is 9.99. The molecule has 0 spiro atoms. The Bertz CT molecular complexity index is 439. The highest BCUT2D eigenvalue weighted by atomic mass is 35.5. The minimum absolute atomic E-state index is 0.176. The number of hydrogen-bond acceptors (Lipinski definition) is 1. The first-order chi connectivity index (χ1) is 6.93. The summed E-state index contributed by atoms with van der Waals surface area (Å²) in [7, 11) is 0. The summed E-state index contributed by atoms with van der Waals surface area (Å²) in [6.07, 6.45) is 1.44. The number of carbonyl (C=O) groups is 1. The zero-order valence-electron chi connectivity index (χ0n) is 7.72. The third kappa shape index (κ3) is 2.88. The van der Waals surface area contributed by atoms with E-state index in [-0.39, 0.29) is 15.6 Å². The molecule has 0 radical (unpaired) electrons. The van der Waals surface area contributed by atoms with E-state index < -0.39 is 5.97 Å². The maximum atomic E-state index is 10.6. The molecule has 0 heterocycles. The van der Waals surface area contributed by atoms with E-state index in [2.05, 4.69) is 0 Å². The average molecular weight is 266 g/mol. The van der Waals surface area contributed by atoms with Crippen molar-refractivity contribution in [2.24, 2.45) is 0 Å². The highest BCUT2D eigenvalue weighted by Gasteiger charge is 2.08. The number of carboxylic acid groups (broad SMARTS) is 1. The van der Waals surface area contributed by atoms with Crippen molar-refractivity contribution in [1.82, 2.24) is 0 Å². The lowest BCUT2D eigenvalue weighted by Gasteiger charge is -2.03. The van der Waals surface area contributed by atoms with Gasteiger partial charge in [-0.25, -0.2) is 4.79 Å². The van der Waals surface area contributed by atoms with Crippen LogP contribution in [0, 0.1) is 0 Å². The van der Waals surface area contributed by atoms with Gasteiger partial charge in [0.2, 0.25) is 0 Å². The molecule has 1 rings (SSSR count). The molecule has 0 aliphatic heterocycles. The third-order valence-corrected chi connectivity index (χ3v) is 3.08. The fraction of sp³-hybridized carbons (Fsp3) is 0.100. The standard InChI is InChI=1S/C10H7Cl3O2/c1-5(10(14)15)4-6-2-3-7(11)9(13)8(6)12/h2-4H,1H3,(H,14,15). The van der Waals surface area contributed by atoms with Gasteiger partial charge in [-0.3, -0.25) is 0 Å². The molecular weight excluding hydrogens is 258 g/mol. The fourth-order valence-corrected chi connectivity index (χ4v) is 1.54. The van der Waals surface area contributed by atoms with E-state index in [1.54, 1.807) is 12.1 Å². The van der Waals surface area contributed by atoms with Crippen molar-refractivity contribution >= 4 is 46.8 Å². The van der Waals surface area contributed by atoms with Crippen LogP contribution in [0.5, 0.6) is 0 Å². The van der Waals surface area contributed by atoms with Gasteiger partial charge in [-0.1, -0.05) is 40.9 Å². The van der Waals surface area contributed by atoms with Crippen LogP contribution in [0.3, 0.4) is 0 Å². The Balaban J connectivity index is 3.23. The molecule has 0 aliphatic rings. The molecule has 0 saturated heterocycles. The van der Waals surface area contributed by atoms with Crippen LogP contribution in [0.1, 0.15) is 12.5 Å². The summed E-state index contributed by atoms with van der Waals surface area (Å²) < 4.78 is 0. The van der Waals surface area contributed by atoms with Crippen LogP contribution < -0.4 is 0 Å². The molecule has 0 aliphatic carbocycles. The summed E-state index contributed by atoms with van der Waals surface area (Å²) in [5.41, 5.74) is 0.709. The topological polar surface area (TPSA) is 37.3 Å². The monoisotopic (exact) mass is 264 g/mol. The van der Waals surface area contributed by atoms with E-state index in [0.717, 1.165) is 0 Å². The van der Waals surface area contributed by atoms with Gasteiger partial charge in [0.05, 0.1) is 15.1 Å². The van der Waals surface area contributed by atoms with Gasteiger partial charge < -0.3 is 5.11 Å². The summed E-state index contributed by atoms with van der Waals surface area (Å²) in [5, 5.41) is 9.51. The molecule has 0 amide bonds. The maximum absolute atomic E-state index is 10.6. The Morgan fingerprint density at radius 3 is 2.40 bits per heavy atom. The highest BCUT2D eigenvalue weighted by molar-refractivity contribution is 6.48. The van der Waals surface area contributed by atoms with Crippen LogP contribution in [-0.2, 0) is 4.79 Å². The van der Waals surface area contributed by atoms with Crippen molar-refractivity contribution in [3.63, 3.8) is 0 Å². The molecule has 1 N–H and O–H groups in total. The van der Waals surface area contributed by atoms with Crippen LogP contribution in [0.15, 0.2) is 17.7 Å². The number of benzene rings is 1. The smallest absolute Gasteiger partial charge is 0.331 e. The largest absolute Gasteiger partial charge is 0.478 e. The lowest BCUT2D eigenvalue weighted by Crippen LogP contribution is -1.95. The molecule has 80 valence electrons. The van der Waals surface area contributed by atoms with Gasteiger partial charge in [0.25, 0.3) is 0 Å². The van der Waals surface area contributed by atoms with Gasteiger partial charge in [-0.2, -0.15) is 0 Å². The number of hydrogen-bond donors (Lipinski definition) is 1. The second-order valence-electron chi connectivity index (χ2n) is 2.90. The van der Waals surface area contributed by atoms with E-state index in [1.165, 1.54) is 13.0 Å². The van der Waals surface area contributed by atoms with Crippen molar-refractivity contribution < 1.29 is 9.90 Å². The van der Waals surface area contributed by atoms with Crippen LogP contribution in [0.2, 0.25) is 15.1 Å². The van der Waals surface area contributed by atoms with Crippen molar-refractivity contribution in [1.29, 1.82) is 0 Å². The lowest BCUT2D eigenvalue weighted by atomic mass is 10.1. The Morgan fingerprint density at radius 1 is 1.27 bits per heavy atom. The van der Waals surface area contributed by atoms with Gasteiger partial charge in [0, 0.05) is 5.57 Å². The molecule has 0 fully saturated rings. The average Bonchev–Trinajstić information content (AvgIpc) is 2.18. The van der Waals surface area contributed by atoms with Gasteiger partial charge >= 0.3 is 5.97 Å². The number of aliphatic carboxylic acids is 1. The third-order valence-electron chi connectivity index (χ3n) is 1.77. The predicted octanol–water partition coefficient (Wildman–Crippen LogP) is 4.13. The van der Waals surface area contributed by atoms with E-state index in [4.69, 9.17) is 39.9 Å². The molecule has 1 aromatic rings. The molecule has 0 saturated carbocycles. The molecule has 15 heavy (non-hydrogen) atoms. The molecule has 0 aromatic heterocycles. The number of halogens is 3. The zero-order chi connectivity index (χ0) is 11.6. The Kier molecular flexibility index (Phi) is 4.03. The van der Waals surface area contributed by atoms with Gasteiger partial charge in [-0.05, 0) is 24.6 Å². The van der Waals surface area contributed by atoms with E-state index in [0.29, 0.717) is 10.6 Å². The highest BCUT2D eigenvalue weighted by Crippen LogP contribution is 2.33. The minimum atomic E-state index is -1.00. The predicted molar refractivity (Wildman–Crippen MR) is 62.8 cm³/mol. The van der Waals surface area contributed by atoms with Crippen molar-refractivity contribution in [3.8, 4) is 0 Å². The molecule has 5 heteroatoms. The fourth-order valence-electron chi connectivity index (χ4n) is 0.947. The minimum Gasteiger partial charge on any atom is -0.478 e. The van der Waals surface area contributed by atoms with Crippen LogP contribution in [-0.4, -0.2) is 11.1 Å². The Labute approximate surface area is 102 Å². The van der Waals surface area contributed by atoms with E-state index in [1.807, 2.05) is 0 Å². The number of carboxylic acids is 1. The van der Waals surface area contributed by atoms with Crippen LogP contribution in [0.4, 0.5) is 0 Å². The summed E-state index contributed by atoms with van der Waals surface area (Å²) in [6, 6.07) is 3.18. The SMILES string of the molecule is CC(=Cc1ccc(Cl)c(Cl)c1Cl)C(=O)O. The Morgan fingerprint density at radius 2 is 1.87 bits per heavy atom. The first-order valence-electron chi connectivity index (χ1n) is 3.98. The molecule has 0 atom stereocenters. The van der Waals surface area contributed by atoms with Crippen LogP contribution in [0.25, 0.3) is 6.08 Å². The summed E-state index contributed by atoms with van der Waals surface area (Å²) >= 11 is 17.4. The van der Waals surface area contributed by atoms with Crippen molar-refractivity contribution in [3.05, 3.63) is 38.3 Å². The van der Waals surface area contributed by atoms with Crippen molar-refractivity contribution in [2.45, 2.75) is 6.92 Å². The molecule has 0 unspecified atom stereocenters. The second-order valence-corrected chi connectivity index (χ2v) is 4.06. The first kappa shape index (κ1) is 12.4. The summed E-state index contributed by atoms with van der Waals surface area (Å²) in [4.78, 5) is 10.6. The summed E-state index contributed by atoms with van der Waals surface area (Å²) in [6.45, 7) is 1.47. The lowest BCUT2D eigenvalue weighted by molar-refractivity contribution is -0.132. The molecule has 2 nitrogen and oxygen atoms in total. The van der Waals surface area contributed by atoms with E-state index in [9.17, 15) is 4.79 Å². The van der Waals surface area contributed by atoms with Gasteiger partial charge in [0.1, 0.15) is 0 Å².